The summed E-state index contributed by atoms with van der Waals surface area (Å²) in [6.07, 6.45) is 5.21. The van der Waals surface area contributed by atoms with E-state index in [-0.39, 0.29) is 4.75 Å². The molecule has 0 atom stereocenters. The minimum Gasteiger partial charge on any atom is -0.361 e. The molecule has 0 spiro atoms. The van der Waals surface area contributed by atoms with Crippen molar-refractivity contribution in [2.24, 2.45) is 4.99 Å². The molecule has 1 heterocycles. The smallest absolute Gasteiger partial charge is 0.191 e. The van der Waals surface area contributed by atoms with Crippen LogP contribution in [0.15, 0.2) is 35.5 Å². The van der Waals surface area contributed by atoms with Gasteiger partial charge in [0, 0.05) is 34.9 Å². The molecule has 0 aliphatic heterocycles. The molecule has 0 aliphatic rings. The van der Waals surface area contributed by atoms with Crippen LogP contribution in [0.25, 0.3) is 10.9 Å². The number of nitrogens with one attached hydrogen (secondary N) is 3. The Morgan fingerprint density at radius 2 is 2.04 bits per heavy atom. The van der Waals surface area contributed by atoms with Crippen molar-refractivity contribution in [1.29, 1.82) is 0 Å². The minimum atomic E-state index is 0.166. The van der Waals surface area contributed by atoms with E-state index in [9.17, 15) is 0 Å². The third-order valence-electron chi connectivity index (χ3n) is 3.88. The number of H-pyrrole nitrogens is 1. The lowest BCUT2D eigenvalue weighted by molar-refractivity contribution is 0.710. The van der Waals surface area contributed by atoms with E-state index < -0.39 is 0 Å². The monoisotopic (exact) mass is 332 g/mol. The second-order valence-electron chi connectivity index (χ2n) is 6.20. The molecule has 0 unspecified atom stereocenters. The number of aromatic amines is 1. The molecule has 4 nitrogen and oxygen atoms in total. The number of rotatable bonds is 7. The fraction of sp³-hybridized carbons (Fsp3) is 0.500. The molecule has 23 heavy (non-hydrogen) atoms. The Kier molecular flexibility index (Phi) is 6.39. The predicted molar refractivity (Wildman–Crippen MR) is 104 cm³/mol. The maximum atomic E-state index is 4.70. The van der Waals surface area contributed by atoms with Crippen LogP contribution in [0, 0.1) is 0 Å². The number of hydrogen-bond acceptors (Lipinski definition) is 2. The van der Waals surface area contributed by atoms with Gasteiger partial charge in [0.2, 0.25) is 0 Å². The Morgan fingerprint density at radius 1 is 1.26 bits per heavy atom. The van der Waals surface area contributed by atoms with E-state index in [4.69, 9.17) is 4.99 Å². The lowest BCUT2D eigenvalue weighted by Gasteiger charge is -2.20. The Bertz CT molecular complexity index is 645. The molecule has 0 aliphatic carbocycles. The van der Waals surface area contributed by atoms with Crippen LogP contribution in [0.2, 0.25) is 0 Å². The van der Waals surface area contributed by atoms with Crippen LogP contribution in [0.1, 0.15) is 26.3 Å². The average Bonchev–Trinajstić information content (AvgIpc) is 2.96. The third-order valence-corrected chi connectivity index (χ3v) is 5.11. The van der Waals surface area contributed by atoms with E-state index in [2.05, 4.69) is 73.1 Å². The number of fused-ring (bicyclic) bond motifs is 1. The average molecular weight is 333 g/mol. The van der Waals surface area contributed by atoms with Crippen LogP contribution in [-0.4, -0.2) is 41.6 Å². The van der Waals surface area contributed by atoms with Crippen molar-refractivity contribution < 1.29 is 0 Å². The fourth-order valence-corrected chi connectivity index (χ4v) is 2.52. The van der Waals surface area contributed by atoms with Crippen molar-refractivity contribution in [3.8, 4) is 0 Å². The second-order valence-corrected chi connectivity index (χ2v) is 7.71. The number of benzene rings is 1. The molecular weight excluding hydrogens is 304 g/mol. The zero-order valence-corrected chi connectivity index (χ0v) is 15.4. The summed E-state index contributed by atoms with van der Waals surface area (Å²) in [6.45, 7) is 9.08. The molecule has 0 saturated carbocycles. The number of guanidine groups is 1. The van der Waals surface area contributed by atoms with Gasteiger partial charge in [-0.25, -0.2) is 0 Å². The van der Waals surface area contributed by atoms with Crippen molar-refractivity contribution in [2.75, 3.05) is 25.9 Å². The molecule has 2 aromatic rings. The first-order chi connectivity index (χ1) is 11.1. The number of hydrogen-bond donors (Lipinski definition) is 3. The molecule has 126 valence electrons. The van der Waals surface area contributed by atoms with Crippen LogP contribution >= 0.6 is 11.8 Å². The zero-order chi connectivity index (χ0) is 16.7. The number of thioether (sulfide) groups is 1. The highest BCUT2D eigenvalue weighted by atomic mass is 32.2. The van der Waals surface area contributed by atoms with Gasteiger partial charge < -0.3 is 15.6 Å². The largest absolute Gasteiger partial charge is 0.361 e. The van der Waals surface area contributed by atoms with E-state index >= 15 is 0 Å². The summed E-state index contributed by atoms with van der Waals surface area (Å²) >= 11 is 1.84. The number of aliphatic imine (C=N–C) groups is 1. The van der Waals surface area contributed by atoms with Crippen LogP contribution in [-0.2, 0) is 6.42 Å². The summed E-state index contributed by atoms with van der Waals surface area (Å²) in [6, 6.07) is 8.43. The Labute approximate surface area is 143 Å². The molecule has 1 aromatic heterocycles. The minimum absolute atomic E-state index is 0.166. The highest BCUT2D eigenvalue weighted by molar-refractivity contribution is 7.99. The molecule has 5 heteroatoms. The molecule has 0 bridgehead atoms. The van der Waals surface area contributed by atoms with E-state index in [1.165, 1.54) is 16.5 Å². The maximum absolute atomic E-state index is 4.70. The molecule has 0 amide bonds. The third kappa shape index (κ3) is 5.20. The molecule has 1 aromatic carbocycles. The summed E-state index contributed by atoms with van der Waals surface area (Å²) in [5.41, 5.74) is 2.54. The molecule has 2 rings (SSSR count). The van der Waals surface area contributed by atoms with Gasteiger partial charge in [-0.1, -0.05) is 18.2 Å². The summed E-state index contributed by atoms with van der Waals surface area (Å²) < 4.78 is 0.166. The van der Waals surface area contributed by atoms with Gasteiger partial charge in [-0.05, 0) is 45.1 Å². The van der Waals surface area contributed by atoms with Crippen LogP contribution in [0.3, 0.4) is 0 Å². The Morgan fingerprint density at radius 3 is 2.78 bits per heavy atom. The molecule has 3 N–H and O–H groups in total. The molecule has 0 radical (unpaired) electrons. The second kappa shape index (κ2) is 8.29. The molecule has 0 saturated heterocycles. The lowest BCUT2D eigenvalue weighted by atomic mass is 10.1. The van der Waals surface area contributed by atoms with Crippen molar-refractivity contribution in [1.82, 2.24) is 15.6 Å². The van der Waals surface area contributed by atoms with Crippen LogP contribution < -0.4 is 10.6 Å². The Hall–Kier alpha value is -1.62. The number of nitrogens with zero attached hydrogens (tertiary/aromatic N) is 1. The topological polar surface area (TPSA) is 52.2 Å². The number of para-hydroxylation sites is 1. The summed E-state index contributed by atoms with van der Waals surface area (Å²) in [7, 11) is 0. The fourth-order valence-electron chi connectivity index (χ4n) is 2.33. The van der Waals surface area contributed by atoms with Crippen LogP contribution in [0.4, 0.5) is 0 Å². The standard InChI is InChI=1S/C18H28N4S/c1-5-19-17(22-13-18(2,3)23-4)20-11-10-14-12-21-16-9-7-6-8-15(14)16/h6-9,12,21H,5,10-11,13H2,1-4H3,(H2,19,20,22). The zero-order valence-electron chi connectivity index (χ0n) is 14.6. The first-order valence-electron chi connectivity index (χ1n) is 8.18. The maximum Gasteiger partial charge on any atom is 0.191 e. The number of aromatic nitrogens is 1. The van der Waals surface area contributed by atoms with Gasteiger partial charge in [0.15, 0.2) is 5.96 Å². The first kappa shape index (κ1) is 17.7. The van der Waals surface area contributed by atoms with E-state index in [1.807, 2.05) is 11.8 Å². The van der Waals surface area contributed by atoms with Gasteiger partial charge >= 0.3 is 0 Å². The lowest BCUT2D eigenvalue weighted by Crippen LogP contribution is -2.39. The van der Waals surface area contributed by atoms with Gasteiger partial charge in [0.05, 0.1) is 6.54 Å². The van der Waals surface area contributed by atoms with Crippen molar-refractivity contribution in [3.63, 3.8) is 0 Å². The van der Waals surface area contributed by atoms with Gasteiger partial charge in [-0.2, -0.15) is 11.8 Å². The summed E-state index contributed by atoms with van der Waals surface area (Å²) in [5, 5.41) is 8.06. The van der Waals surface area contributed by atoms with Gasteiger partial charge in [0.1, 0.15) is 0 Å². The highest BCUT2D eigenvalue weighted by Gasteiger charge is 2.15. The Balaban J connectivity index is 1.92. The summed E-state index contributed by atoms with van der Waals surface area (Å²) in [4.78, 5) is 8.03. The van der Waals surface area contributed by atoms with Crippen molar-refractivity contribution in [3.05, 3.63) is 36.0 Å². The van der Waals surface area contributed by atoms with Gasteiger partial charge in [-0.3, -0.25) is 4.99 Å². The van der Waals surface area contributed by atoms with E-state index in [1.54, 1.807) is 0 Å². The van der Waals surface area contributed by atoms with Gasteiger partial charge in [0.25, 0.3) is 0 Å². The first-order valence-corrected chi connectivity index (χ1v) is 9.40. The SMILES string of the molecule is CCNC(=NCC(C)(C)SC)NCCc1c[nH]c2ccccc12. The van der Waals surface area contributed by atoms with Crippen molar-refractivity contribution in [2.45, 2.75) is 31.9 Å². The normalized spacial score (nSPS) is 12.6. The van der Waals surface area contributed by atoms with Crippen molar-refractivity contribution >= 4 is 28.6 Å². The van der Waals surface area contributed by atoms with Crippen LogP contribution in [0.5, 0.6) is 0 Å². The predicted octanol–water partition coefficient (Wildman–Crippen LogP) is 3.41. The van der Waals surface area contributed by atoms with E-state index in [0.717, 1.165) is 32.0 Å². The summed E-state index contributed by atoms with van der Waals surface area (Å²) in [5.74, 6) is 0.898. The highest BCUT2D eigenvalue weighted by Crippen LogP contribution is 2.21. The van der Waals surface area contributed by atoms with Gasteiger partial charge in [-0.15, -0.1) is 0 Å². The molecule has 0 fully saturated rings. The van der Waals surface area contributed by atoms with E-state index in [0.29, 0.717) is 0 Å². The molecular formula is C18H28N4S. The quantitative estimate of drug-likeness (QED) is 0.538.